The van der Waals surface area contributed by atoms with Crippen LogP contribution in [0.2, 0.25) is 0 Å². The van der Waals surface area contributed by atoms with E-state index in [4.69, 9.17) is 0 Å². The second-order valence-corrected chi connectivity index (χ2v) is 13.0. The fourth-order valence-corrected chi connectivity index (χ4v) is 5.50. The molecule has 0 aliphatic carbocycles. The van der Waals surface area contributed by atoms with Gasteiger partial charge in [0.1, 0.15) is 12.6 Å². The molecular weight excluding hydrogens is 566 g/mol. The van der Waals surface area contributed by atoms with Crippen LogP contribution in [0.1, 0.15) is 38.8 Å². The number of sulfonamides is 1. The standard InChI is InChI=1S/C29H34BrN3O4S/c1-21-11-17-25(18-12-21)33(38(36,37)26-9-7-6-8-10-26)20-27(34)32(19-23-13-15-24(30)16-14-23)22(2)28(35)31-29(3,4)5/h6-18,22H,19-20H2,1-5H3,(H,31,35). The minimum atomic E-state index is -4.07. The number of hydrogen-bond donors (Lipinski definition) is 1. The van der Waals surface area contributed by atoms with E-state index in [-0.39, 0.29) is 17.3 Å². The molecule has 9 heteroatoms. The van der Waals surface area contributed by atoms with Gasteiger partial charge in [-0.05, 0) is 76.6 Å². The zero-order chi connectivity index (χ0) is 28.1. The smallest absolute Gasteiger partial charge is 0.264 e. The van der Waals surface area contributed by atoms with Gasteiger partial charge in [0, 0.05) is 16.6 Å². The molecule has 2 amide bonds. The minimum absolute atomic E-state index is 0.0753. The first-order valence-corrected chi connectivity index (χ1v) is 14.5. The Hall–Kier alpha value is -3.17. The Morgan fingerprint density at radius 2 is 1.50 bits per heavy atom. The van der Waals surface area contributed by atoms with Gasteiger partial charge < -0.3 is 10.2 Å². The van der Waals surface area contributed by atoms with E-state index in [1.807, 2.05) is 52.0 Å². The highest BCUT2D eigenvalue weighted by molar-refractivity contribution is 9.10. The van der Waals surface area contributed by atoms with E-state index < -0.39 is 34.1 Å². The van der Waals surface area contributed by atoms with Crippen molar-refractivity contribution >= 4 is 43.5 Å². The first-order valence-electron chi connectivity index (χ1n) is 12.3. The minimum Gasteiger partial charge on any atom is -0.350 e. The molecule has 7 nitrogen and oxygen atoms in total. The zero-order valence-corrected chi connectivity index (χ0v) is 24.7. The van der Waals surface area contributed by atoms with Gasteiger partial charge in [-0.2, -0.15) is 0 Å². The normalized spacial score (nSPS) is 12.5. The van der Waals surface area contributed by atoms with Crippen molar-refractivity contribution in [3.63, 3.8) is 0 Å². The third kappa shape index (κ3) is 7.68. The van der Waals surface area contributed by atoms with Gasteiger partial charge in [0.2, 0.25) is 11.8 Å². The number of nitrogens with one attached hydrogen (secondary N) is 1. The molecular formula is C29H34BrN3O4S. The summed E-state index contributed by atoms with van der Waals surface area (Å²) in [5, 5.41) is 2.92. The molecule has 202 valence electrons. The van der Waals surface area contributed by atoms with Crippen LogP contribution in [0, 0.1) is 6.92 Å². The lowest BCUT2D eigenvalue weighted by atomic mass is 10.1. The lowest BCUT2D eigenvalue weighted by molar-refractivity contribution is -0.140. The molecule has 0 bridgehead atoms. The average molecular weight is 601 g/mol. The maximum absolute atomic E-state index is 13.9. The maximum Gasteiger partial charge on any atom is 0.264 e. The van der Waals surface area contributed by atoms with Crippen LogP contribution in [0.5, 0.6) is 0 Å². The van der Waals surface area contributed by atoms with Crippen LogP contribution in [0.4, 0.5) is 5.69 Å². The number of halogens is 1. The number of nitrogens with zero attached hydrogens (tertiary/aromatic N) is 2. The quantitative estimate of drug-likeness (QED) is 0.362. The molecule has 0 saturated carbocycles. The van der Waals surface area contributed by atoms with Crippen molar-refractivity contribution in [1.29, 1.82) is 0 Å². The highest BCUT2D eigenvalue weighted by Crippen LogP contribution is 2.25. The van der Waals surface area contributed by atoms with E-state index in [2.05, 4.69) is 21.2 Å². The summed E-state index contributed by atoms with van der Waals surface area (Å²) in [6.45, 7) is 8.82. The summed E-state index contributed by atoms with van der Waals surface area (Å²) in [7, 11) is -4.07. The molecule has 0 aliphatic heterocycles. The number of carbonyl (C=O) groups excluding carboxylic acids is 2. The molecule has 0 radical (unpaired) electrons. The van der Waals surface area contributed by atoms with Gasteiger partial charge in [0.05, 0.1) is 10.6 Å². The number of amides is 2. The summed E-state index contributed by atoms with van der Waals surface area (Å²) in [5.74, 6) is -0.819. The Balaban J connectivity index is 2.01. The van der Waals surface area contributed by atoms with Crippen molar-refractivity contribution in [3.8, 4) is 0 Å². The molecule has 0 spiro atoms. The van der Waals surface area contributed by atoms with E-state index >= 15 is 0 Å². The molecule has 0 aliphatic rings. The van der Waals surface area contributed by atoms with Crippen molar-refractivity contribution in [2.45, 2.75) is 57.6 Å². The van der Waals surface area contributed by atoms with E-state index in [1.165, 1.54) is 17.0 Å². The second kappa shape index (κ2) is 12.1. The number of benzene rings is 3. The third-order valence-electron chi connectivity index (χ3n) is 5.86. The van der Waals surface area contributed by atoms with Gasteiger partial charge in [-0.1, -0.05) is 64.0 Å². The van der Waals surface area contributed by atoms with Crippen molar-refractivity contribution < 1.29 is 18.0 Å². The Bertz CT molecular complexity index is 1350. The first-order chi connectivity index (χ1) is 17.8. The predicted octanol–water partition coefficient (Wildman–Crippen LogP) is 5.28. The van der Waals surface area contributed by atoms with Gasteiger partial charge in [-0.3, -0.25) is 13.9 Å². The molecule has 0 aromatic heterocycles. The number of anilines is 1. The van der Waals surface area contributed by atoms with Gasteiger partial charge in [-0.25, -0.2) is 8.42 Å². The molecule has 3 aromatic rings. The lowest BCUT2D eigenvalue weighted by Crippen LogP contribution is -2.54. The number of hydrogen-bond acceptors (Lipinski definition) is 4. The molecule has 3 rings (SSSR count). The van der Waals surface area contributed by atoms with Gasteiger partial charge in [0.25, 0.3) is 10.0 Å². The number of rotatable bonds is 9. The molecule has 38 heavy (non-hydrogen) atoms. The van der Waals surface area contributed by atoms with Gasteiger partial charge in [0.15, 0.2) is 0 Å². The largest absolute Gasteiger partial charge is 0.350 e. The van der Waals surface area contributed by atoms with Gasteiger partial charge >= 0.3 is 0 Å². The van der Waals surface area contributed by atoms with Crippen LogP contribution >= 0.6 is 15.9 Å². The molecule has 1 atom stereocenters. The van der Waals surface area contributed by atoms with Crippen molar-refractivity contribution in [2.24, 2.45) is 0 Å². The SMILES string of the molecule is Cc1ccc(N(CC(=O)N(Cc2ccc(Br)cc2)C(C)C(=O)NC(C)(C)C)S(=O)(=O)c2ccccc2)cc1. The van der Waals surface area contributed by atoms with Crippen LogP contribution in [-0.2, 0) is 26.2 Å². The Labute approximate surface area is 234 Å². The maximum atomic E-state index is 13.9. The lowest BCUT2D eigenvalue weighted by Gasteiger charge is -2.33. The summed E-state index contributed by atoms with van der Waals surface area (Å²) < 4.78 is 29.5. The van der Waals surface area contributed by atoms with Crippen LogP contribution in [-0.4, -0.2) is 43.3 Å². The van der Waals surface area contributed by atoms with Gasteiger partial charge in [-0.15, -0.1) is 0 Å². The fourth-order valence-electron chi connectivity index (χ4n) is 3.80. The fraction of sp³-hybridized carbons (Fsp3) is 0.310. The Kier molecular flexibility index (Phi) is 9.38. The first kappa shape index (κ1) is 29.4. The highest BCUT2D eigenvalue weighted by atomic mass is 79.9. The summed E-state index contributed by atoms with van der Waals surface area (Å²) >= 11 is 3.42. The number of carbonyl (C=O) groups is 2. The predicted molar refractivity (Wildman–Crippen MR) is 154 cm³/mol. The van der Waals surface area contributed by atoms with Crippen molar-refractivity contribution in [2.75, 3.05) is 10.8 Å². The molecule has 3 aromatic carbocycles. The second-order valence-electron chi connectivity index (χ2n) is 10.2. The van der Waals surface area contributed by atoms with E-state index in [9.17, 15) is 18.0 Å². The van der Waals surface area contributed by atoms with Crippen molar-refractivity contribution in [3.05, 3.63) is 94.5 Å². The number of aryl methyl sites for hydroxylation is 1. The molecule has 0 heterocycles. The monoisotopic (exact) mass is 599 g/mol. The molecule has 1 N–H and O–H groups in total. The van der Waals surface area contributed by atoms with Crippen LogP contribution in [0.25, 0.3) is 0 Å². The summed E-state index contributed by atoms with van der Waals surface area (Å²) in [5.41, 5.74) is 1.64. The van der Waals surface area contributed by atoms with Crippen LogP contribution in [0.15, 0.2) is 88.2 Å². The summed E-state index contributed by atoms with van der Waals surface area (Å²) in [6, 6.07) is 21.6. The summed E-state index contributed by atoms with van der Waals surface area (Å²) in [6.07, 6.45) is 0. The zero-order valence-electron chi connectivity index (χ0n) is 22.3. The third-order valence-corrected chi connectivity index (χ3v) is 8.18. The molecule has 0 fully saturated rings. The average Bonchev–Trinajstić information content (AvgIpc) is 2.86. The van der Waals surface area contributed by atoms with Crippen molar-refractivity contribution in [1.82, 2.24) is 10.2 Å². The molecule has 1 unspecified atom stereocenters. The van der Waals surface area contributed by atoms with Crippen LogP contribution < -0.4 is 9.62 Å². The topological polar surface area (TPSA) is 86.8 Å². The van der Waals surface area contributed by atoms with E-state index in [0.29, 0.717) is 5.69 Å². The van der Waals surface area contributed by atoms with E-state index in [1.54, 1.807) is 49.4 Å². The Morgan fingerprint density at radius 1 is 0.921 bits per heavy atom. The van der Waals surface area contributed by atoms with E-state index in [0.717, 1.165) is 19.9 Å². The molecule has 0 saturated heterocycles. The Morgan fingerprint density at radius 3 is 2.05 bits per heavy atom. The highest BCUT2D eigenvalue weighted by Gasteiger charge is 2.33. The summed E-state index contributed by atoms with van der Waals surface area (Å²) in [4.78, 5) is 28.5. The van der Waals surface area contributed by atoms with Crippen LogP contribution in [0.3, 0.4) is 0 Å².